The first-order valence-corrected chi connectivity index (χ1v) is 6.77. The van der Waals surface area contributed by atoms with Crippen molar-refractivity contribution in [2.45, 2.75) is 13.5 Å². The molecule has 2 aromatic rings. The van der Waals surface area contributed by atoms with Crippen molar-refractivity contribution in [1.82, 2.24) is 4.98 Å². The summed E-state index contributed by atoms with van der Waals surface area (Å²) < 4.78 is 0. The number of carboxylic acid groups (broad SMARTS) is 1. The highest BCUT2D eigenvalue weighted by atomic mass is 16.4. The summed E-state index contributed by atoms with van der Waals surface area (Å²) in [5.41, 5.74) is 7.47. The van der Waals surface area contributed by atoms with E-state index in [1.807, 2.05) is 6.07 Å². The largest absolute Gasteiger partial charge is 0.480 e. The Morgan fingerprint density at radius 2 is 1.95 bits per heavy atom. The van der Waals surface area contributed by atoms with Gasteiger partial charge in [0, 0.05) is 17.8 Å². The van der Waals surface area contributed by atoms with Gasteiger partial charge in [0.05, 0.1) is 0 Å². The molecule has 0 aliphatic rings. The van der Waals surface area contributed by atoms with Crippen LogP contribution in [0.5, 0.6) is 0 Å². The minimum absolute atomic E-state index is 0.308. The zero-order valence-electron chi connectivity index (χ0n) is 12.2. The van der Waals surface area contributed by atoms with Crippen LogP contribution in [0.25, 0.3) is 0 Å². The van der Waals surface area contributed by atoms with Gasteiger partial charge in [0.1, 0.15) is 12.4 Å². The molecule has 0 saturated carbocycles. The van der Waals surface area contributed by atoms with E-state index in [-0.39, 0.29) is 0 Å². The molecule has 6 heteroatoms. The molecule has 114 valence electrons. The van der Waals surface area contributed by atoms with Crippen LogP contribution in [-0.4, -0.2) is 28.5 Å². The Hall–Kier alpha value is -2.73. The molecule has 6 nitrogen and oxygen atoms in total. The third-order valence-corrected chi connectivity index (χ3v) is 3.10. The number of hydrogen-bond acceptors (Lipinski definition) is 4. The number of aryl methyl sites for hydroxylation is 1. The van der Waals surface area contributed by atoms with Crippen LogP contribution < -0.4 is 10.6 Å². The molecule has 1 heterocycles. The summed E-state index contributed by atoms with van der Waals surface area (Å²) in [5.74, 6) is -1.21. The molecule has 1 aromatic heterocycles. The van der Waals surface area contributed by atoms with Crippen LogP contribution in [0.15, 0.2) is 42.5 Å². The first-order chi connectivity index (χ1) is 10.5. The van der Waals surface area contributed by atoms with Crippen LogP contribution in [0.2, 0.25) is 0 Å². The SMILES string of the molecule is Cc1cccc(N(CC(=O)O)C(=O)c2cccc(CN)c2)n1. The van der Waals surface area contributed by atoms with Gasteiger partial charge >= 0.3 is 5.97 Å². The average Bonchev–Trinajstić information content (AvgIpc) is 2.52. The first kappa shape index (κ1) is 15.7. The highest BCUT2D eigenvalue weighted by Gasteiger charge is 2.21. The number of aromatic nitrogens is 1. The smallest absolute Gasteiger partial charge is 0.323 e. The molecule has 1 aromatic carbocycles. The number of carboxylic acids is 1. The molecule has 0 bridgehead atoms. The lowest BCUT2D eigenvalue weighted by Gasteiger charge is -2.20. The van der Waals surface area contributed by atoms with E-state index in [4.69, 9.17) is 10.8 Å². The minimum atomic E-state index is -1.10. The molecule has 0 radical (unpaired) electrons. The van der Waals surface area contributed by atoms with E-state index < -0.39 is 18.4 Å². The predicted octanol–water partition coefficient (Wildman–Crippen LogP) is 1.58. The molecule has 0 aliphatic carbocycles. The van der Waals surface area contributed by atoms with Gasteiger partial charge in [-0.25, -0.2) is 4.98 Å². The Kier molecular flexibility index (Phi) is 4.85. The summed E-state index contributed by atoms with van der Waals surface area (Å²) >= 11 is 0. The second-order valence-corrected chi connectivity index (χ2v) is 4.83. The Balaban J connectivity index is 2.40. The van der Waals surface area contributed by atoms with Gasteiger partial charge in [-0.05, 0) is 36.8 Å². The topological polar surface area (TPSA) is 96.5 Å². The molecular weight excluding hydrogens is 282 g/mol. The maximum atomic E-state index is 12.6. The summed E-state index contributed by atoms with van der Waals surface area (Å²) in [6.45, 7) is 1.63. The van der Waals surface area contributed by atoms with Crippen molar-refractivity contribution in [1.29, 1.82) is 0 Å². The van der Waals surface area contributed by atoms with E-state index in [1.165, 1.54) is 0 Å². The normalized spacial score (nSPS) is 10.3. The van der Waals surface area contributed by atoms with Gasteiger partial charge in [-0.1, -0.05) is 18.2 Å². The summed E-state index contributed by atoms with van der Waals surface area (Å²) in [5, 5.41) is 9.07. The number of hydrogen-bond donors (Lipinski definition) is 2. The lowest BCUT2D eigenvalue weighted by molar-refractivity contribution is -0.135. The highest BCUT2D eigenvalue weighted by molar-refractivity contribution is 6.07. The lowest BCUT2D eigenvalue weighted by atomic mass is 10.1. The van der Waals surface area contributed by atoms with Crippen LogP contribution in [0.1, 0.15) is 21.6 Å². The highest BCUT2D eigenvalue weighted by Crippen LogP contribution is 2.16. The number of pyridine rings is 1. The molecule has 22 heavy (non-hydrogen) atoms. The van der Waals surface area contributed by atoms with Gasteiger partial charge in [-0.2, -0.15) is 0 Å². The van der Waals surface area contributed by atoms with Gasteiger partial charge in [-0.3, -0.25) is 14.5 Å². The van der Waals surface area contributed by atoms with E-state index >= 15 is 0 Å². The molecule has 0 atom stereocenters. The van der Waals surface area contributed by atoms with Crippen molar-refractivity contribution in [2.24, 2.45) is 5.73 Å². The quantitative estimate of drug-likeness (QED) is 0.873. The summed E-state index contributed by atoms with van der Waals surface area (Å²) in [6, 6.07) is 11.9. The second-order valence-electron chi connectivity index (χ2n) is 4.83. The average molecular weight is 299 g/mol. The number of rotatable bonds is 5. The number of amides is 1. The number of anilines is 1. The van der Waals surface area contributed by atoms with Crippen LogP contribution in [-0.2, 0) is 11.3 Å². The van der Waals surface area contributed by atoms with E-state index in [0.29, 0.717) is 23.6 Å². The number of carbonyl (C=O) groups is 2. The van der Waals surface area contributed by atoms with Crippen molar-refractivity contribution in [2.75, 3.05) is 11.4 Å². The number of nitrogens with zero attached hydrogens (tertiary/aromatic N) is 2. The molecule has 2 rings (SSSR count). The Bertz CT molecular complexity index is 701. The van der Waals surface area contributed by atoms with Crippen molar-refractivity contribution >= 4 is 17.7 Å². The third-order valence-electron chi connectivity index (χ3n) is 3.10. The monoisotopic (exact) mass is 299 g/mol. The maximum absolute atomic E-state index is 12.6. The molecule has 0 aliphatic heterocycles. The van der Waals surface area contributed by atoms with Crippen molar-refractivity contribution in [3.8, 4) is 0 Å². The molecule has 0 unspecified atom stereocenters. The van der Waals surface area contributed by atoms with E-state index in [2.05, 4.69) is 4.98 Å². The fourth-order valence-corrected chi connectivity index (χ4v) is 2.06. The third kappa shape index (κ3) is 3.67. The van der Waals surface area contributed by atoms with Gasteiger partial charge in [0.25, 0.3) is 5.91 Å². The van der Waals surface area contributed by atoms with E-state index in [9.17, 15) is 9.59 Å². The summed E-state index contributed by atoms with van der Waals surface area (Å²) in [4.78, 5) is 29.1. The molecule has 3 N–H and O–H groups in total. The van der Waals surface area contributed by atoms with Crippen molar-refractivity contribution in [3.05, 3.63) is 59.3 Å². The Labute approximate surface area is 128 Å². The van der Waals surface area contributed by atoms with Crippen LogP contribution >= 0.6 is 0 Å². The van der Waals surface area contributed by atoms with Crippen molar-refractivity contribution in [3.63, 3.8) is 0 Å². The second kappa shape index (κ2) is 6.82. The minimum Gasteiger partial charge on any atom is -0.480 e. The summed E-state index contributed by atoms with van der Waals surface area (Å²) in [7, 11) is 0. The van der Waals surface area contributed by atoms with Crippen LogP contribution in [0, 0.1) is 6.92 Å². The standard InChI is InChI=1S/C16H17N3O3/c1-11-4-2-7-14(18-11)19(10-15(20)21)16(22)13-6-3-5-12(8-13)9-17/h2-8H,9-10,17H2,1H3,(H,20,21). The molecule has 0 saturated heterocycles. The van der Waals surface area contributed by atoms with Gasteiger partial charge < -0.3 is 10.8 Å². The molecule has 0 spiro atoms. The number of benzene rings is 1. The molecule has 1 amide bonds. The lowest BCUT2D eigenvalue weighted by Crippen LogP contribution is -2.36. The Morgan fingerprint density at radius 1 is 1.23 bits per heavy atom. The molecular formula is C16H17N3O3. The van der Waals surface area contributed by atoms with Crippen LogP contribution in [0.4, 0.5) is 5.82 Å². The number of aliphatic carboxylic acids is 1. The van der Waals surface area contributed by atoms with Gasteiger partial charge in [0.15, 0.2) is 0 Å². The Morgan fingerprint density at radius 3 is 2.59 bits per heavy atom. The number of nitrogens with two attached hydrogens (primary N) is 1. The fourth-order valence-electron chi connectivity index (χ4n) is 2.06. The summed E-state index contributed by atoms with van der Waals surface area (Å²) in [6.07, 6.45) is 0. The predicted molar refractivity (Wildman–Crippen MR) is 82.6 cm³/mol. The first-order valence-electron chi connectivity index (χ1n) is 6.77. The maximum Gasteiger partial charge on any atom is 0.323 e. The van der Waals surface area contributed by atoms with Crippen LogP contribution in [0.3, 0.4) is 0 Å². The van der Waals surface area contributed by atoms with E-state index in [0.717, 1.165) is 10.5 Å². The molecule has 0 fully saturated rings. The van der Waals surface area contributed by atoms with Gasteiger partial charge in [-0.15, -0.1) is 0 Å². The van der Waals surface area contributed by atoms with Crippen molar-refractivity contribution < 1.29 is 14.7 Å². The van der Waals surface area contributed by atoms with E-state index in [1.54, 1.807) is 43.3 Å². The zero-order chi connectivity index (χ0) is 16.1. The zero-order valence-corrected chi connectivity index (χ0v) is 12.2. The fraction of sp³-hybridized carbons (Fsp3) is 0.188. The van der Waals surface area contributed by atoms with Gasteiger partial charge in [0.2, 0.25) is 0 Å². The number of carbonyl (C=O) groups excluding carboxylic acids is 1.